The number of piperidine rings is 1. The van der Waals surface area contributed by atoms with E-state index in [0.717, 1.165) is 44.4 Å². The van der Waals surface area contributed by atoms with Crippen molar-refractivity contribution in [3.63, 3.8) is 0 Å². The number of guanidine groups is 1. The Kier molecular flexibility index (Phi) is 9.85. The van der Waals surface area contributed by atoms with Gasteiger partial charge in [-0.25, -0.2) is 0 Å². The summed E-state index contributed by atoms with van der Waals surface area (Å²) in [7, 11) is 1.78. The number of ether oxygens (including phenoxy) is 2. The summed E-state index contributed by atoms with van der Waals surface area (Å²) in [6.45, 7) is 6.24. The smallest absolute Gasteiger partial charge is 0.310 e. The molecule has 1 atom stereocenters. The molecule has 1 heterocycles. The molecule has 1 aliphatic carbocycles. The monoisotopic (exact) mass is 439 g/mol. The molecular weight excluding hydrogens is 409 g/mol. The third-order valence-corrected chi connectivity index (χ3v) is 4.13. The summed E-state index contributed by atoms with van der Waals surface area (Å²) in [6.07, 6.45) is 4.52. The molecule has 0 unspecified atom stereocenters. The zero-order chi connectivity index (χ0) is 15.8. The molecule has 0 radical (unpaired) electrons. The minimum atomic E-state index is -0.0876. The molecule has 23 heavy (non-hydrogen) atoms. The standard InChI is InChI=1S/C16H29N3O3.HI/c1-3-22-15(20)14-5-4-9-19(11-14)16(17-2)18-8-10-21-12-13-6-7-13;/h13-14H,3-12H2,1-2H3,(H,17,18);1H/t14-;/m0./s1. The quantitative estimate of drug-likeness (QED) is 0.216. The molecule has 0 amide bonds. The van der Waals surface area contributed by atoms with Crippen molar-refractivity contribution in [3.8, 4) is 0 Å². The van der Waals surface area contributed by atoms with Crippen LogP contribution in [0, 0.1) is 11.8 Å². The molecule has 1 saturated carbocycles. The summed E-state index contributed by atoms with van der Waals surface area (Å²) in [6, 6.07) is 0. The maximum absolute atomic E-state index is 11.9. The number of carbonyl (C=O) groups excluding carboxylic acids is 1. The molecule has 7 heteroatoms. The zero-order valence-corrected chi connectivity index (χ0v) is 16.6. The van der Waals surface area contributed by atoms with Gasteiger partial charge in [0.2, 0.25) is 0 Å². The summed E-state index contributed by atoms with van der Waals surface area (Å²) in [4.78, 5) is 18.4. The molecule has 1 N–H and O–H groups in total. The molecule has 0 spiro atoms. The predicted molar refractivity (Wildman–Crippen MR) is 101 cm³/mol. The molecule has 6 nitrogen and oxygen atoms in total. The molecule has 0 bridgehead atoms. The lowest BCUT2D eigenvalue weighted by molar-refractivity contribution is -0.149. The first-order valence-electron chi connectivity index (χ1n) is 8.44. The van der Waals surface area contributed by atoms with Gasteiger partial charge in [0.1, 0.15) is 0 Å². The molecule has 1 saturated heterocycles. The van der Waals surface area contributed by atoms with Gasteiger partial charge in [-0.05, 0) is 38.5 Å². The van der Waals surface area contributed by atoms with Crippen molar-refractivity contribution in [1.82, 2.24) is 10.2 Å². The van der Waals surface area contributed by atoms with E-state index in [0.29, 0.717) is 19.8 Å². The molecule has 0 aromatic heterocycles. The fraction of sp³-hybridized carbons (Fsp3) is 0.875. The van der Waals surface area contributed by atoms with E-state index < -0.39 is 0 Å². The molecule has 0 aromatic carbocycles. The Labute approximate surface area is 156 Å². The fourth-order valence-electron chi connectivity index (χ4n) is 2.72. The van der Waals surface area contributed by atoms with Crippen molar-refractivity contribution >= 4 is 35.9 Å². The molecule has 134 valence electrons. The lowest BCUT2D eigenvalue weighted by atomic mass is 9.98. The third-order valence-electron chi connectivity index (χ3n) is 4.13. The first-order valence-corrected chi connectivity index (χ1v) is 8.44. The highest BCUT2D eigenvalue weighted by Gasteiger charge is 2.28. The van der Waals surface area contributed by atoms with Crippen LogP contribution in [0.25, 0.3) is 0 Å². The summed E-state index contributed by atoms with van der Waals surface area (Å²) >= 11 is 0. The number of esters is 1. The average molecular weight is 439 g/mol. The van der Waals surface area contributed by atoms with Crippen LogP contribution in [-0.4, -0.2) is 63.3 Å². The molecular formula is C16H30IN3O3. The van der Waals surface area contributed by atoms with Gasteiger partial charge in [0.05, 0.1) is 19.1 Å². The molecule has 2 fully saturated rings. The topological polar surface area (TPSA) is 63.2 Å². The van der Waals surface area contributed by atoms with Crippen LogP contribution in [0.1, 0.15) is 32.6 Å². The first kappa shape index (κ1) is 20.5. The van der Waals surface area contributed by atoms with E-state index >= 15 is 0 Å². The van der Waals surface area contributed by atoms with Crippen LogP contribution in [0.4, 0.5) is 0 Å². The van der Waals surface area contributed by atoms with Gasteiger partial charge in [0.15, 0.2) is 5.96 Å². The second-order valence-electron chi connectivity index (χ2n) is 6.03. The van der Waals surface area contributed by atoms with Crippen molar-refractivity contribution in [2.24, 2.45) is 16.8 Å². The number of aliphatic imine (C=N–C) groups is 1. The number of nitrogens with zero attached hydrogens (tertiary/aromatic N) is 2. The minimum absolute atomic E-state index is 0. The maximum Gasteiger partial charge on any atom is 0.310 e. The number of hydrogen-bond acceptors (Lipinski definition) is 4. The summed E-state index contributed by atoms with van der Waals surface area (Å²) in [5.41, 5.74) is 0. The Balaban J connectivity index is 0.00000264. The van der Waals surface area contributed by atoms with Crippen LogP contribution >= 0.6 is 24.0 Å². The van der Waals surface area contributed by atoms with Crippen LogP contribution in [-0.2, 0) is 14.3 Å². The summed E-state index contributed by atoms with van der Waals surface area (Å²) in [5, 5.41) is 3.32. The Morgan fingerprint density at radius 2 is 2.13 bits per heavy atom. The Bertz CT molecular complexity index is 389. The van der Waals surface area contributed by atoms with Gasteiger partial charge in [-0.1, -0.05) is 0 Å². The van der Waals surface area contributed by atoms with E-state index in [4.69, 9.17) is 9.47 Å². The van der Waals surface area contributed by atoms with E-state index in [9.17, 15) is 4.79 Å². The first-order chi connectivity index (χ1) is 10.7. The van der Waals surface area contributed by atoms with E-state index in [1.54, 1.807) is 7.05 Å². The van der Waals surface area contributed by atoms with Crippen molar-refractivity contribution in [2.45, 2.75) is 32.6 Å². The molecule has 1 aliphatic heterocycles. The van der Waals surface area contributed by atoms with E-state index in [1.807, 2.05) is 6.92 Å². The largest absolute Gasteiger partial charge is 0.466 e. The van der Waals surface area contributed by atoms with Crippen molar-refractivity contribution < 1.29 is 14.3 Å². The van der Waals surface area contributed by atoms with Crippen LogP contribution in [0.15, 0.2) is 4.99 Å². The van der Waals surface area contributed by atoms with Gasteiger partial charge >= 0.3 is 5.97 Å². The molecule has 2 aliphatic rings. The highest BCUT2D eigenvalue weighted by atomic mass is 127. The van der Waals surface area contributed by atoms with Crippen molar-refractivity contribution in [1.29, 1.82) is 0 Å². The highest BCUT2D eigenvalue weighted by molar-refractivity contribution is 14.0. The fourth-order valence-corrected chi connectivity index (χ4v) is 2.72. The van der Waals surface area contributed by atoms with Crippen LogP contribution < -0.4 is 5.32 Å². The zero-order valence-electron chi connectivity index (χ0n) is 14.3. The van der Waals surface area contributed by atoms with Crippen molar-refractivity contribution in [3.05, 3.63) is 0 Å². The summed E-state index contributed by atoms with van der Waals surface area (Å²) in [5.74, 6) is 1.52. The Morgan fingerprint density at radius 3 is 2.78 bits per heavy atom. The number of hydrogen-bond donors (Lipinski definition) is 1. The third kappa shape index (κ3) is 7.24. The number of halogens is 1. The van der Waals surface area contributed by atoms with E-state index in [-0.39, 0.29) is 35.9 Å². The summed E-state index contributed by atoms with van der Waals surface area (Å²) < 4.78 is 10.8. The maximum atomic E-state index is 11.9. The molecule has 2 rings (SSSR count). The average Bonchev–Trinajstić information content (AvgIpc) is 3.35. The van der Waals surface area contributed by atoms with Gasteiger partial charge in [-0.2, -0.15) is 0 Å². The van der Waals surface area contributed by atoms with Gasteiger partial charge < -0.3 is 19.7 Å². The lowest BCUT2D eigenvalue weighted by Crippen LogP contribution is -2.48. The van der Waals surface area contributed by atoms with Crippen LogP contribution in [0.3, 0.4) is 0 Å². The Hall–Kier alpha value is -0.570. The van der Waals surface area contributed by atoms with E-state index in [2.05, 4.69) is 15.2 Å². The number of nitrogens with one attached hydrogen (secondary N) is 1. The minimum Gasteiger partial charge on any atom is -0.466 e. The SMILES string of the molecule is CCOC(=O)[C@H]1CCCN(C(=NC)NCCOCC2CC2)C1.I. The molecule has 0 aromatic rings. The van der Waals surface area contributed by atoms with Gasteiger partial charge in [-0.15, -0.1) is 24.0 Å². The highest BCUT2D eigenvalue weighted by Crippen LogP contribution is 2.28. The predicted octanol–water partition coefficient (Wildman–Crippen LogP) is 1.88. The number of carbonyl (C=O) groups is 1. The van der Waals surface area contributed by atoms with Crippen LogP contribution in [0.2, 0.25) is 0 Å². The second kappa shape index (κ2) is 11.1. The van der Waals surface area contributed by atoms with Crippen LogP contribution in [0.5, 0.6) is 0 Å². The Morgan fingerprint density at radius 1 is 1.35 bits per heavy atom. The van der Waals surface area contributed by atoms with E-state index in [1.165, 1.54) is 12.8 Å². The second-order valence-corrected chi connectivity index (χ2v) is 6.03. The van der Waals surface area contributed by atoms with Gasteiger partial charge in [0, 0.05) is 33.3 Å². The number of rotatable bonds is 7. The van der Waals surface area contributed by atoms with Crippen molar-refractivity contribution in [2.75, 3.05) is 46.5 Å². The normalized spacial score (nSPS) is 21.6. The van der Waals surface area contributed by atoms with Gasteiger partial charge in [0.25, 0.3) is 0 Å². The number of likely N-dealkylation sites (tertiary alicyclic amines) is 1. The van der Waals surface area contributed by atoms with Gasteiger partial charge in [-0.3, -0.25) is 9.79 Å². The lowest BCUT2D eigenvalue weighted by Gasteiger charge is -2.33.